The van der Waals surface area contributed by atoms with Crippen LogP contribution in [0.2, 0.25) is 0 Å². The Morgan fingerprint density at radius 1 is 1.38 bits per heavy atom. The molecule has 0 saturated heterocycles. The zero-order valence-corrected chi connectivity index (χ0v) is 10.3. The lowest BCUT2D eigenvalue weighted by Gasteiger charge is -2.13. The van der Waals surface area contributed by atoms with Gasteiger partial charge in [-0.1, -0.05) is 28.1 Å². The molecule has 0 spiro atoms. The van der Waals surface area contributed by atoms with Crippen molar-refractivity contribution < 1.29 is 18.3 Å². The van der Waals surface area contributed by atoms with E-state index in [9.17, 15) is 18.3 Å². The first kappa shape index (κ1) is 13.5. The molecule has 0 aromatic heterocycles. The smallest absolute Gasteiger partial charge is 0.388 e. The Bertz CT molecular complexity index is 363. The third-order valence-electron chi connectivity index (χ3n) is 2.28. The topological polar surface area (TPSA) is 20.2 Å². The van der Waals surface area contributed by atoms with Crippen LogP contribution in [-0.2, 0) is 0 Å². The van der Waals surface area contributed by atoms with Crippen molar-refractivity contribution in [2.24, 2.45) is 0 Å². The predicted octanol–water partition coefficient (Wildman–Crippen LogP) is 4.13. The Kier molecular flexibility index (Phi) is 4.38. The first-order valence-corrected chi connectivity index (χ1v) is 5.60. The molecule has 0 radical (unpaired) electrons. The maximum atomic E-state index is 12.0. The molecular formula is C11H12BrF3O. The maximum Gasteiger partial charge on any atom is 0.389 e. The fraction of sp³-hybridized carbons (Fsp3) is 0.455. The van der Waals surface area contributed by atoms with E-state index in [1.807, 2.05) is 6.92 Å². The highest BCUT2D eigenvalue weighted by Gasteiger charge is 2.28. The van der Waals surface area contributed by atoms with Gasteiger partial charge in [0, 0.05) is 10.9 Å². The minimum Gasteiger partial charge on any atom is -0.388 e. The molecule has 16 heavy (non-hydrogen) atoms. The maximum absolute atomic E-state index is 12.0. The van der Waals surface area contributed by atoms with E-state index in [2.05, 4.69) is 15.9 Å². The molecule has 0 aliphatic carbocycles. The molecule has 1 N–H and O–H groups in total. The number of hydrogen-bond acceptors (Lipinski definition) is 1. The van der Waals surface area contributed by atoms with Gasteiger partial charge in [-0.3, -0.25) is 0 Å². The summed E-state index contributed by atoms with van der Waals surface area (Å²) in [6, 6.07) is 5.05. The lowest BCUT2D eigenvalue weighted by Crippen LogP contribution is -2.10. The van der Waals surface area contributed by atoms with Crippen molar-refractivity contribution in [3.05, 3.63) is 33.8 Å². The van der Waals surface area contributed by atoms with Crippen LogP contribution in [0, 0.1) is 6.92 Å². The van der Waals surface area contributed by atoms with E-state index >= 15 is 0 Å². The SMILES string of the molecule is Cc1ccc(C(O)CCC(F)(F)F)cc1Br. The van der Waals surface area contributed by atoms with Gasteiger partial charge in [0.2, 0.25) is 0 Å². The number of halogens is 4. The molecule has 0 aliphatic heterocycles. The number of alkyl halides is 3. The average Bonchev–Trinajstić information content (AvgIpc) is 2.17. The number of aryl methyl sites for hydroxylation is 1. The van der Waals surface area contributed by atoms with Crippen LogP contribution in [0.3, 0.4) is 0 Å². The van der Waals surface area contributed by atoms with Crippen LogP contribution in [0.1, 0.15) is 30.1 Å². The summed E-state index contributed by atoms with van der Waals surface area (Å²) in [6.45, 7) is 1.87. The van der Waals surface area contributed by atoms with Crippen molar-refractivity contribution >= 4 is 15.9 Å². The van der Waals surface area contributed by atoms with E-state index in [-0.39, 0.29) is 6.42 Å². The molecule has 0 heterocycles. The van der Waals surface area contributed by atoms with Gasteiger partial charge < -0.3 is 5.11 Å². The summed E-state index contributed by atoms with van der Waals surface area (Å²) >= 11 is 3.27. The van der Waals surface area contributed by atoms with Gasteiger partial charge in [-0.15, -0.1) is 0 Å². The summed E-state index contributed by atoms with van der Waals surface area (Å²) < 4.78 is 36.7. The summed E-state index contributed by atoms with van der Waals surface area (Å²) in [6.07, 6.45) is -6.57. The van der Waals surface area contributed by atoms with Crippen molar-refractivity contribution in [2.45, 2.75) is 32.0 Å². The first-order valence-electron chi connectivity index (χ1n) is 4.80. The highest BCUT2D eigenvalue weighted by molar-refractivity contribution is 9.10. The van der Waals surface area contributed by atoms with Crippen LogP contribution in [0.4, 0.5) is 13.2 Å². The van der Waals surface area contributed by atoms with Crippen LogP contribution in [0.5, 0.6) is 0 Å². The molecule has 1 aromatic rings. The Hall–Kier alpha value is -0.550. The van der Waals surface area contributed by atoms with Crippen LogP contribution < -0.4 is 0 Å². The number of rotatable bonds is 3. The number of benzene rings is 1. The van der Waals surface area contributed by atoms with Crippen molar-refractivity contribution in [2.75, 3.05) is 0 Å². The van der Waals surface area contributed by atoms with Crippen molar-refractivity contribution in [1.29, 1.82) is 0 Å². The Balaban J connectivity index is 2.66. The molecule has 1 aromatic carbocycles. The normalized spacial score (nSPS) is 13.9. The van der Waals surface area contributed by atoms with Gasteiger partial charge >= 0.3 is 6.18 Å². The monoisotopic (exact) mass is 296 g/mol. The fourth-order valence-corrected chi connectivity index (χ4v) is 1.68. The van der Waals surface area contributed by atoms with Crippen LogP contribution >= 0.6 is 15.9 Å². The minimum absolute atomic E-state index is 0.307. The molecule has 90 valence electrons. The Morgan fingerprint density at radius 3 is 2.50 bits per heavy atom. The van der Waals surface area contributed by atoms with E-state index in [1.54, 1.807) is 18.2 Å². The third-order valence-corrected chi connectivity index (χ3v) is 3.14. The largest absolute Gasteiger partial charge is 0.389 e. The summed E-state index contributed by atoms with van der Waals surface area (Å²) in [5.41, 5.74) is 1.48. The molecule has 0 amide bonds. The second kappa shape index (κ2) is 5.19. The van der Waals surface area contributed by atoms with E-state index in [0.29, 0.717) is 5.56 Å². The second-order valence-electron chi connectivity index (χ2n) is 3.68. The molecule has 1 rings (SSSR count). The van der Waals surface area contributed by atoms with Gasteiger partial charge in [-0.2, -0.15) is 13.2 Å². The predicted molar refractivity (Wildman–Crippen MR) is 59.1 cm³/mol. The van der Waals surface area contributed by atoms with Gasteiger partial charge in [-0.05, 0) is 30.5 Å². The minimum atomic E-state index is -4.22. The second-order valence-corrected chi connectivity index (χ2v) is 4.53. The zero-order chi connectivity index (χ0) is 12.3. The molecular weight excluding hydrogens is 285 g/mol. The highest BCUT2D eigenvalue weighted by Crippen LogP contribution is 2.29. The van der Waals surface area contributed by atoms with Crippen LogP contribution in [0.15, 0.2) is 22.7 Å². The van der Waals surface area contributed by atoms with Crippen molar-refractivity contribution in [1.82, 2.24) is 0 Å². The molecule has 0 saturated carbocycles. The van der Waals surface area contributed by atoms with E-state index < -0.39 is 18.7 Å². The highest BCUT2D eigenvalue weighted by atomic mass is 79.9. The van der Waals surface area contributed by atoms with E-state index in [4.69, 9.17) is 0 Å². The van der Waals surface area contributed by atoms with E-state index in [0.717, 1.165) is 10.0 Å². The third kappa shape index (κ3) is 4.14. The average molecular weight is 297 g/mol. The zero-order valence-electron chi connectivity index (χ0n) is 8.68. The van der Waals surface area contributed by atoms with Crippen LogP contribution in [0.25, 0.3) is 0 Å². The summed E-state index contributed by atoms with van der Waals surface area (Å²) in [4.78, 5) is 0. The summed E-state index contributed by atoms with van der Waals surface area (Å²) in [7, 11) is 0. The van der Waals surface area contributed by atoms with E-state index in [1.165, 1.54) is 0 Å². The van der Waals surface area contributed by atoms with Crippen molar-refractivity contribution in [3.8, 4) is 0 Å². The molecule has 0 fully saturated rings. The van der Waals surface area contributed by atoms with Gasteiger partial charge in [0.1, 0.15) is 0 Å². The van der Waals surface area contributed by atoms with Crippen LogP contribution in [-0.4, -0.2) is 11.3 Å². The Morgan fingerprint density at radius 2 is 2.00 bits per heavy atom. The fourth-order valence-electron chi connectivity index (χ4n) is 1.28. The molecule has 1 unspecified atom stereocenters. The van der Waals surface area contributed by atoms with Gasteiger partial charge in [0.25, 0.3) is 0 Å². The molecule has 5 heteroatoms. The molecule has 1 atom stereocenters. The number of aliphatic hydroxyl groups is 1. The standard InChI is InChI=1S/C11H12BrF3O/c1-7-2-3-8(6-9(7)12)10(16)4-5-11(13,14)15/h2-3,6,10,16H,4-5H2,1H3. The molecule has 0 aliphatic rings. The van der Waals surface area contributed by atoms with Gasteiger partial charge in [-0.25, -0.2) is 0 Å². The summed E-state index contributed by atoms with van der Waals surface area (Å²) in [5.74, 6) is 0. The molecule has 0 bridgehead atoms. The number of aliphatic hydroxyl groups excluding tert-OH is 1. The van der Waals surface area contributed by atoms with Gasteiger partial charge in [0.15, 0.2) is 0 Å². The summed E-state index contributed by atoms with van der Waals surface area (Å²) in [5, 5.41) is 9.58. The number of hydrogen-bond donors (Lipinski definition) is 1. The quantitative estimate of drug-likeness (QED) is 0.889. The lowest BCUT2D eigenvalue weighted by molar-refractivity contribution is -0.140. The Labute approximate surface area is 100 Å². The van der Waals surface area contributed by atoms with Gasteiger partial charge in [0.05, 0.1) is 6.10 Å². The molecule has 1 nitrogen and oxygen atoms in total. The van der Waals surface area contributed by atoms with Crippen molar-refractivity contribution in [3.63, 3.8) is 0 Å². The lowest BCUT2D eigenvalue weighted by atomic mass is 10.0. The first-order chi connectivity index (χ1) is 7.29.